The fourth-order valence-electron chi connectivity index (χ4n) is 2.75. The molecule has 0 aliphatic heterocycles. The highest BCUT2D eigenvalue weighted by Crippen LogP contribution is 2.33. The molecule has 0 spiro atoms. The van der Waals surface area contributed by atoms with Crippen molar-refractivity contribution in [3.8, 4) is 5.75 Å². The Hall–Kier alpha value is -2.97. The van der Waals surface area contributed by atoms with Gasteiger partial charge in [0, 0.05) is 23.0 Å². The van der Waals surface area contributed by atoms with E-state index in [0.29, 0.717) is 28.3 Å². The number of anilines is 1. The molecule has 140 valence electrons. The summed E-state index contributed by atoms with van der Waals surface area (Å²) in [5.74, 6) is 0.260. The number of nitrogens with two attached hydrogens (primary N) is 1. The highest BCUT2D eigenvalue weighted by molar-refractivity contribution is 6.31. The molecular formula is C18H17ClFN5O2. The van der Waals surface area contributed by atoms with E-state index in [1.807, 2.05) is 6.07 Å². The second-order valence-electron chi connectivity index (χ2n) is 5.75. The first-order valence-corrected chi connectivity index (χ1v) is 8.44. The van der Waals surface area contributed by atoms with Crippen molar-refractivity contribution in [3.63, 3.8) is 0 Å². The number of nitrogens with zero attached hydrogens (tertiary/aromatic N) is 2. The fraction of sp³-hybridized carbons (Fsp3) is 0.167. The number of hydrogen-bond donors (Lipinski definition) is 3. The van der Waals surface area contributed by atoms with Crippen molar-refractivity contribution in [2.75, 3.05) is 18.9 Å². The molecule has 27 heavy (non-hydrogen) atoms. The summed E-state index contributed by atoms with van der Waals surface area (Å²) in [6.07, 6.45) is 0.355. The van der Waals surface area contributed by atoms with Gasteiger partial charge in [-0.3, -0.25) is 0 Å². The van der Waals surface area contributed by atoms with E-state index in [4.69, 9.17) is 22.1 Å². The van der Waals surface area contributed by atoms with Crippen molar-refractivity contribution in [2.45, 2.75) is 6.04 Å². The molecule has 3 aromatic rings. The van der Waals surface area contributed by atoms with Gasteiger partial charge < -0.3 is 21.1 Å². The third-order valence-electron chi connectivity index (χ3n) is 3.85. The van der Waals surface area contributed by atoms with Crippen LogP contribution in [0.5, 0.6) is 5.75 Å². The van der Waals surface area contributed by atoms with Crippen molar-refractivity contribution >= 4 is 34.4 Å². The number of nitrogens with one attached hydrogen (secondary N) is 2. The summed E-state index contributed by atoms with van der Waals surface area (Å²) in [6, 6.07) is 9.11. The van der Waals surface area contributed by atoms with Gasteiger partial charge in [0.15, 0.2) is 5.75 Å². The predicted molar refractivity (Wildman–Crippen MR) is 101 cm³/mol. The maximum Gasteiger partial charge on any atom is 0.410 e. The van der Waals surface area contributed by atoms with E-state index in [2.05, 4.69) is 20.6 Å². The highest BCUT2D eigenvalue weighted by Gasteiger charge is 2.17. The normalized spacial score (nSPS) is 12.0. The van der Waals surface area contributed by atoms with E-state index in [0.717, 1.165) is 5.56 Å². The van der Waals surface area contributed by atoms with Crippen LogP contribution in [-0.2, 0) is 0 Å². The summed E-state index contributed by atoms with van der Waals surface area (Å²) < 4.78 is 18.6. The Morgan fingerprint density at radius 3 is 2.85 bits per heavy atom. The molecular weight excluding hydrogens is 373 g/mol. The quantitative estimate of drug-likeness (QED) is 0.598. The van der Waals surface area contributed by atoms with Gasteiger partial charge in [0.1, 0.15) is 23.5 Å². The molecule has 0 saturated carbocycles. The van der Waals surface area contributed by atoms with Crippen molar-refractivity contribution < 1.29 is 13.9 Å². The zero-order valence-corrected chi connectivity index (χ0v) is 15.1. The monoisotopic (exact) mass is 389 g/mol. The number of ether oxygens (including phenoxy) is 1. The smallest absolute Gasteiger partial charge is 0.408 e. The molecule has 0 radical (unpaired) electrons. The molecule has 1 aromatic heterocycles. The summed E-state index contributed by atoms with van der Waals surface area (Å²) in [5.41, 5.74) is 6.22. The second-order valence-corrected chi connectivity index (χ2v) is 6.19. The minimum Gasteiger partial charge on any atom is -0.408 e. The van der Waals surface area contributed by atoms with Crippen LogP contribution in [0, 0.1) is 5.82 Å². The van der Waals surface area contributed by atoms with Gasteiger partial charge in [-0.1, -0.05) is 23.7 Å². The molecule has 0 aliphatic rings. The standard InChI is InChI=1S/C18H17ClFN5O2/c1-22-8-14(10-3-2-4-12(20)5-10)25-17-13-6-11(19)7-15(27-18(21)26)16(13)23-9-24-17/h2-7,9,14,22H,8H2,1H3,(H2,21,26)(H,23,24,25)/t14-/m1/s1. The third kappa shape index (κ3) is 4.42. The largest absolute Gasteiger partial charge is 0.410 e. The lowest BCUT2D eigenvalue weighted by Gasteiger charge is -2.20. The SMILES string of the molecule is CNC[C@@H](Nc1ncnc2c(OC(N)=O)cc(Cl)cc12)c1cccc(F)c1. The summed E-state index contributed by atoms with van der Waals surface area (Å²) in [7, 11) is 1.79. The van der Waals surface area contributed by atoms with E-state index >= 15 is 0 Å². The Morgan fingerprint density at radius 1 is 1.33 bits per heavy atom. The van der Waals surface area contributed by atoms with Gasteiger partial charge in [0.25, 0.3) is 0 Å². The van der Waals surface area contributed by atoms with Crippen LogP contribution in [0.2, 0.25) is 5.02 Å². The maximum absolute atomic E-state index is 13.6. The van der Waals surface area contributed by atoms with Crippen LogP contribution in [0.15, 0.2) is 42.7 Å². The maximum atomic E-state index is 13.6. The molecule has 0 saturated heterocycles. The lowest BCUT2D eigenvalue weighted by atomic mass is 10.1. The number of likely N-dealkylation sites (N-methyl/N-ethyl adjacent to an activating group) is 1. The van der Waals surface area contributed by atoms with E-state index in [1.54, 1.807) is 19.2 Å². The molecule has 1 atom stereocenters. The zero-order valence-electron chi connectivity index (χ0n) is 14.4. The van der Waals surface area contributed by atoms with Crippen LogP contribution in [0.25, 0.3) is 10.9 Å². The van der Waals surface area contributed by atoms with Crippen molar-refractivity contribution in [1.82, 2.24) is 15.3 Å². The Bertz CT molecular complexity index is 985. The van der Waals surface area contributed by atoms with Crippen LogP contribution in [0.1, 0.15) is 11.6 Å². The van der Waals surface area contributed by atoms with Gasteiger partial charge in [0.2, 0.25) is 0 Å². The molecule has 0 bridgehead atoms. The molecule has 0 fully saturated rings. The van der Waals surface area contributed by atoms with Gasteiger partial charge in [-0.15, -0.1) is 0 Å². The second kappa shape index (κ2) is 8.15. The Kier molecular flexibility index (Phi) is 5.68. The van der Waals surface area contributed by atoms with Gasteiger partial charge in [-0.05, 0) is 30.8 Å². The molecule has 7 nitrogen and oxygen atoms in total. The molecule has 1 amide bonds. The molecule has 0 aliphatic carbocycles. The van der Waals surface area contributed by atoms with E-state index < -0.39 is 6.09 Å². The van der Waals surface area contributed by atoms with Gasteiger partial charge in [-0.2, -0.15) is 0 Å². The number of rotatable bonds is 6. The average Bonchev–Trinajstić information content (AvgIpc) is 2.61. The minimum absolute atomic E-state index is 0.131. The lowest BCUT2D eigenvalue weighted by molar-refractivity contribution is 0.211. The number of carbonyl (C=O) groups is 1. The van der Waals surface area contributed by atoms with Crippen LogP contribution >= 0.6 is 11.6 Å². The van der Waals surface area contributed by atoms with E-state index in [9.17, 15) is 9.18 Å². The van der Waals surface area contributed by atoms with Gasteiger partial charge >= 0.3 is 6.09 Å². The fourth-order valence-corrected chi connectivity index (χ4v) is 2.96. The molecule has 2 aromatic carbocycles. The number of aromatic nitrogens is 2. The number of hydrogen-bond acceptors (Lipinski definition) is 6. The van der Waals surface area contributed by atoms with Crippen LogP contribution < -0.4 is 21.1 Å². The first-order valence-electron chi connectivity index (χ1n) is 8.06. The predicted octanol–water partition coefficient (Wildman–Crippen LogP) is 3.25. The number of amides is 1. The van der Waals surface area contributed by atoms with E-state index in [-0.39, 0.29) is 17.6 Å². The average molecular weight is 390 g/mol. The van der Waals surface area contributed by atoms with Crippen molar-refractivity contribution in [2.24, 2.45) is 5.73 Å². The zero-order chi connectivity index (χ0) is 19.4. The van der Waals surface area contributed by atoms with Crippen LogP contribution in [0.4, 0.5) is 15.0 Å². The lowest BCUT2D eigenvalue weighted by Crippen LogP contribution is -2.24. The molecule has 1 heterocycles. The first kappa shape index (κ1) is 18.8. The van der Waals surface area contributed by atoms with Crippen LogP contribution in [-0.4, -0.2) is 29.7 Å². The van der Waals surface area contributed by atoms with Crippen molar-refractivity contribution in [1.29, 1.82) is 0 Å². The minimum atomic E-state index is -0.973. The Labute approximate surface area is 159 Å². The number of fused-ring (bicyclic) bond motifs is 1. The Morgan fingerprint density at radius 2 is 2.15 bits per heavy atom. The molecule has 4 N–H and O–H groups in total. The number of benzene rings is 2. The molecule has 3 rings (SSSR count). The van der Waals surface area contributed by atoms with Gasteiger partial charge in [-0.25, -0.2) is 19.2 Å². The summed E-state index contributed by atoms with van der Waals surface area (Å²) >= 11 is 6.14. The number of halogens is 2. The summed E-state index contributed by atoms with van der Waals surface area (Å²) in [6.45, 7) is 0.514. The van der Waals surface area contributed by atoms with Crippen molar-refractivity contribution in [3.05, 3.63) is 59.1 Å². The Balaban J connectivity index is 2.04. The van der Waals surface area contributed by atoms with E-state index in [1.165, 1.54) is 24.5 Å². The molecule has 9 heteroatoms. The highest BCUT2D eigenvalue weighted by atomic mass is 35.5. The number of carbonyl (C=O) groups excluding carboxylic acids is 1. The number of primary amides is 1. The molecule has 0 unspecified atom stereocenters. The third-order valence-corrected chi connectivity index (χ3v) is 4.07. The first-order chi connectivity index (χ1) is 13.0. The summed E-state index contributed by atoms with van der Waals surface area (Å²) in [4.78, 5) is 19.6. The topological polar surface area (TPSA) is 102 Å². The van der Waals surface area contributed by atoms with Crippen LogP contribution in [0.3, 0.4) is 0 Å². The summed E-state index contributed by atoms with van der Waals surface area (Å²) in [5, 5.41) is 7.19. The van der Waals surface area contributed by atoms with Gasteiger partial charge in [0.05, 0.1) is 6.04 Å².